The third-order valence-electron chi connectivity index (χ3n) is 5.50. The molecule has 2 aliphatic rings. The second-order valence-corrected chi connectivity index (χ2v) is 7.37. The van der Waals surface area contributed by atoms with Crippen LogP contribution < -0.4 is 5.32 Å². The summed E-state index contributed by atoms with van der Waals surface area (Å²) in [5, 5.41) is 12.1. The summed E-state index contributed by atoms with van der Waals surface area (Å²) in [6.45, 7) is 7.10. The van der Waals surface area contributed by atoms with Crippen LogP contribution in [0.25, 0.3) is 0 Å². The van der Waals surface area contributed by atoms with E-state index >= 15 is 0 Å². The molecule has 1 aliphatic heterocycles. The number of benzene rings is 1. The number of aryl methyl sites for hydroxylation is 2. The molecule has 25 heavy (non-hydrogen) atoms. The number of carbonyl (C=O) groups is 1. The van der Waals surface area contributed by atoms with Gasteiger partial charge in [-0.1, -0.05) is 18.2 Å². The monoisotopic (exact) mass is 345 g/mol. The van der Waals surface area contributed by atoms with Gasteiger partial charge in [-0.15, -0.1) is 0 Å². The van der Waals surface area contributed by atoms with Crippen LogP contribution in [-0.4, -0.2) is 66.7 Å². The fourth-order valence-corrected chi connectivity index (χ4v) is 3.91. The summed E-state index contributed by atoms with van der Waals surface area (Å²) >= 11 is 0. The van der Waals surface area contributed by atoms with Crippen LogP contribution in [0.5, 0.6) is 0 Å². The molecule has 1 amide bonds. The molecule has 1 aliphatic carbocycles. The Morgan fingerprint density at radius 2 is 1.80 bits per heavy atom. The van der Waals surface area contributed by atoms with E-state index in [0.29, 0.717) is 6.54 Å². The smallest absolute Gasteiger partial charge is 0.234 e. The second-order valence-electron chi connectivity index (χ2n) is 7.37. The van der Waals surface area contributed by atoms with Crippen molar-refractivity contribution in [3.05, 3.63) is 34.9 Å². The van der Waals surface area contributed by atoms with Crippen molar-refractivity contribution in [2.24, 2.45) is 0 Å². The lowest BCUT2D eigenvalue weighted by molar-refractivity contribution is -0.123. The zero-order chi connectivity index (χ0) is 17.6. The average molecular weight is 345 g/mol. The van der Waals surface area contributed by atoms with E-state index in [1.54, 1.807) is 0 Å². The van der Waals surface area contributed by atoms with E-state index in [1.807, 2.05) is 0 Å². The van der Waals surface area contributed by atoms with Crippen molar-refractivity contribution in [3.63, 3.8) is 0 Å². The van der Waals surface area contributed by atoms with Gasteiger partial charge in [0.1, 0.15) is 0 Å². The van der Waals surface area contributed by atoms with Crippen molar-refractivity contribution in [2.45, 2.75) is 38.6 Å². The van der Waals surface area contributed by atoms with Crippen LogP contribution in [0.15, 0.2) is 18.2 Å². The molecule has 5 nitrogen and oxygen atoms in total. The fraction of sp³-hybridized carbons (Fsp3) is 0.650. The minimum absolute atomic E-state index is 0.0513. The molecule has 0 saturated carbocycles. The number of rotatable bonds is 6. The highest BCUT2D eigenvalue weighted by Crippen LogP contribution is 2.24. The van der Waals surface area contributed by atoms with E-state index in [-0.39, 0.29) is 18.6 Å². The average Bonchev–Trinajstić information content (AvgIpc) is 2.63. The molecule has 1 aromatic rings. The number of aliphatic hydroxyl groups is 1. The van der Waals surface area contributed by atoms with E-state index < -0.39 is 0 Å². The summed E-state index contributed by atoms with van der Waals surface area (Å²) in [7, 11) is 0. The van der Waals surface area contributed by atoms with Crippen LogP contribution in [-0.2, 0) is 17.6 Å². The highest BCUT2D eigenvalue weighted by molar-refractivity contribution is 5.78. The largest absolute Gasteiger partial charge is 0.395 e. The van der Waals surface area contributed by atoms with Gasteiger partial charge in [0.15, 0.2) is 0 Å². The van der Waals surface area contributed by atoms with Crippen molar-refractivity contribution in [3.8, 4) is 0 Å². The van der Waals surface area contributed by atoms with Gasteiger partial charge >= 0.3 is 0 Å². The topological polar surface area (TPSA) is 55.8 Å². The number of β-amino-alcohol motifs (C(OH)–C–C–N with tert-alkyl or cyclic N) is 1. The van der Waals surface area contributed by atoms with Gasteiger partial charge in [0, 0.05) is 32.7 Å². The number of nitrogens with zero attached hydrogens (tertiary/aromatic N) is 2. The summed E-state index contributed by atoms with van der Waals surface area (Å²) < 4.78 is 0. The van der Waals surface area contributed by atoms with Gasteiger partial charge in [-0.05, 0) is 49.3 Å². The molecule has 0 aromatic heterocycles. The van der Waals surface area contributed by atoms with Gasteiger partial charge in [-0.25, -0.2) is 0 Å². The summed E-state index contributed by atoms with van der Waals surface area (Å²) in [6.07, 6.45) is 4.93. The molecule has 0 spiro atoms. The number of fused-ring (bicyclic) bond motifs is 1. The highest BCUT2D eigenvalue weighted by Gasteiger charge is 2.20. The fourth-order valence-electron chi connectivity index (χ4n) is 3.91. The maximum Gasteiger partial charge on any atom is 0.234 e. The van der Waals surface area contributed by atoms with Crippen LogP contribution in [0.2, 0.25) is 0 Å². The Balaban J connectivity index is 1.48. The van der Waals surface area contributed by atoms with Gasteiger partial charge < -0.3 is 10.4 Å². The maximum absolute atomic E-state index is 12.4. The number of hydrogen-bond donors (Lipinski definition) is 2. The third-order valence-corrected chi connectivity index (χ3v) is 5.50. The molecule has 1 saturated heterocycles. The van der Waals surface area contributed by atoms with Gasteiger partial charge in [-0.3, -0.25) is 14.6 Å². The Morgan fingerprint density at radius 1 is 1.12 bits per heavy atom. The molecule has 3 rings (SSSR count). The van der Waals surface area contributed by atoms with Crippen molar-refractivity contribution >= 4 is 5.91 Å². The van der Waals surface area contributed by atoms with Crippen molar-refractivity contribution in [2.75, 3.05) is 45.9 Å². The van der Waals surface area contributed by atoms with Gasteiger partial charge in [0.05, 0.1) is 19.2 Å². The first-order chi connectivity index (χ1) is 12.2. The van der Waals surface area contributed by atoms with Crippen LogP contribution >= 0.6 is 0 Å². The van der Waals surface area contributed by atoms with Gasteiger partial charge in [0.25, 0.3) is 0 Å². The lowest BCUT2D eigenvalue weighted by atomic mass is 9.89. The molecule has 0 unspecified atom stereocenters. The molecule has 1 aromatic carbocycles. The molecule has 0 radical (unpaired) electrons. The Kier molecular flexibility index (Phi) is 6.45. The van der Waals surface area contributed by atoms with Crippen LogP contribution in [0.1, 0.15) is 42.5 Å². The predicted molar refractivity (Wildman–Crippen MR) is 99.6 cm³/mol. The van der Waals surface area contributed by atoms with E-state index in [9.17, 15) is 4.79 Å². The molecule has 0 bridgehead atoms. The zero-order valence-corrected chi connectivity index (χ0v) is 15.3. The Bertz CT molecular complexity index is 582. The second kappa shape index (κ2) is 8.79. The lowest BCUT2D eigenvalue weighted by Crippen LogP contribution is -2.50. The first-order valence-electron chi connectivity index (χ1n) is 9.62. The number of amides is 1. The number of aliphatic hydroxyl groups excluding tert-OH is 1. The summed E-state index contributed by atoms with van der Waals surface area (Å²) in [4.78, 5) is 16.8. The van der Waals surface area contributed by atoms with E-state index in [1.165, 1.54) is 42.4 Å². The number of hydrogen-bond acceptors (Lipinski definition) is 4. The molecule has 5 heteroatoms. The van der Waals surface area contributed by atoms with Crippen molar-refractivity contribution < 1.29 is 9.90 Å². The lowest BCUT2D eigenvalue weighted by Gasteiger charge is -2.34. The van der Waals surface area contributed by atoms with E-state index in [4.69, 9.17) is 5.11 Å². The Morgan fingerprint density at radius 3 is 2.52 bits per heavy atom. The van der Waals surface area contributed by atoms with E-state index in [0.717, 1.165) is 32.7 Å². The molecule has 1 fully saturated rings. The quantitative estimate of drug-likeness (QED) is 0.817. The normalized spacial score (nSPS) is 20.1. The van der Waals surface area contributed by atoms with Crippen LogP contribution in [0, 0.1) is 0 Å². The molecular formula is C20H31N3O2. The SMILES string of the molecule is C[C@@H](NC(=O)CN1CCN(CCO)CC1)c1ccc2c(c1)CCCC2. The predicted octanol–water partition coefficient (Wildman–Crippen LogP) is 1.35. The molecule has 1 atom stereocenters. The summed E-state index contributed by atoms with van der Waals surface area (Å²) in [6, 6.07) is 6.75. The summed E-state index contributed by atoms with van der Waals surface area (Å²) in [5.41, 5.74) is 4.15. The van der Waals surface area contributed by atoms with Gasteiger partial charge in [-0.2, -0.15) is 0 Å². The third kappa shape index (κ3) is 5.03. The zero-order valence-electron chi connectivity index (χ0n) is 15.3. The minimum Gasteiger partial charge on any atom is -0.395 e. The maximum atomic E-state index is 12.4. The highest BCUT2D eigenvalue weighted by atomic mass is 16.3. The standard InChI is InChI=1S/C20H31N3O2/c1-16(18-7-6-17-4-2-3-5-19(17)14-18)21-20(25)15-23-10-8-22(9-11-23)12-13-24/h6-7,14,16,24H,2-5,8-13,15H2,1H3,(H,21,25)/t16-/m1/s1. The van der Waals surface area contributed by atoms with Gasteiger partial charge in [0.2, 0.25) is 5.91 Å². The first-order valence-corrected chi connectivity index (χ1v) is 9.62. The molecule has 1 heterocycles. The summed E-state index contributed by atoms with van der Waals surface area (Å²) in [5.74, 6) is 0.0980. The van der Waals surface area contributed by atoms with Crippen molar-refractivity contribution in [1.29, 1.82) is 0 Å². The van der Waals surface area contributed by atoms with E-state index in [2.05, 4.69) is 40.2 Å². The number of carbonyl (C=O) groups excluding carboxylic acids is 1. The molecule has 138 valence electrons. The van der Waals surface area contributed by atoms with Crippen LogP contribution in [0.3, 0.4) is 0 Å². The Labute approximate surface area is 151 Å². The minimum atomic E-state index is 0.0513. The van der Waals surface area contributed by atoms with Crippen LogP contribution in [0.4, 0.5) is 0 Å². The molecular weight excluding hydrogens is 314 g/mol. The number of nitrogens with one attached hydrogen (secondary N) is 1. The van der Waals surface area contributed by atoms with Crippen molar-refractivity contribution in [1.82, 2.24) is 15.1 Å². The molecule has 2 N–H and O–H groups in total. The number of piperazine rings is 1. The Hall–Kier alpha value is -1.43. The first kappa shape index (κ1) is 18.4.